The Labute approximate surface area is 601 Å². The van der Waals surface area contributed by atoms with Crippen LogP contribution >= 0.6 is 69.6 Å². The van der Waals surface area contributed by atoms with Gasteiger partial charge in [-0.3, -0.25) is 9.59 Å². The van der Waals surface area contributed by atoms with Gasteiger partial charge in [-0.1, -0.05) is 141 Å². The van der Waals surface area contributed by atoms with Gasteiger partial charge in [-0.05, 0) is 122 Å². The molecule has 4 aliphatic heterocycles. The molecule has 4 unspecified atom stereocenters. The number of carbonyl (C=O) groups excluding carboxylic acids is 4. The van der Waals surface area contributed by atoms with Crippen molar-refractivity contribution in [1.29, 1.82) is 0 Å². The fraction of sp³-hybridized carbons (Fsp3) is 0.507. The number of rotatable bonds is 25. The van der Waals surface area contributed by atoms with Crippen LogP contribution in [-0.2, 0) is 23.1 Å². The third-order valence-corrected chi connectivity index (χ3v) is 27.6. The second-order valence-electron chi connectivity index (χ2n) is 27.5. The summed E-state index contributed by atoms with van der Waals surface area (Å²) in [5, 5.41) is 2.41. The zero-order chi connectivity index (χ0) is 71.4. The van der Waals surface area contributed by atoms with Crippen molar-refractivity contribution in [3.05, 3.63) is 107 Å². The number of hydrogen-bond acceptors (Lipinski definition) is 16. The smallest absolute Gasteiger partial charge is 0.416 e. The lowest BCUT2D eigenvalue weighted by atomic mass is 10.0. The summed E-state index contributed by atoms with van der Waals surface area (Å²) in [7, 11) is -1.23. The normalized spacial score (nSPS) is 18.4. The summed E-state index contributed by atoms with van der Waals surface area (Å²) >= 11 is 37.2. The van der Waals surface area contributed by atoms with Crippen molar-refractivity contribution in [2.75, 3.05) is 83.9 Å². The lowest BCUT2D eigenvalue weighted by Crippen LogP contribution is -2.58. The van der Waals surface area contributed by atoms with Crippen LogP contribution in [0.25, 0.3) is 11.1 Å². The summed E-state index contributed by atoms with van der Waals surface area (Å²) in [5.74, 6) is 3.56. The molecule has 0 fully saturated rings. The highest BCUT2D eigenvalue weighted by Crippen LogP contribution is 2.50. The lowest BCUT2D eigenvalue weighted by molar-refractivity contribution is -0.0276. The first-order valence-electron chi connectivity index (χ1n) is 31.6. The molecule has 4 aromatic rings. The van der Waals surface area contributed by atoms with Crippen LogP contribution in [0.5, 0.6) is 34.5 Å². The van der Waals surface area contributed by atoms with E-state index in [0.29, 0.717) is 37.8 Å². The SMILES string of the molecule is C#CCNCC(C)(C)OCCOc1ccc(C2=CN3C(=O)c4cc(OC)c(OCCCOc5cc6c(cc5OC)C(=O)N5C=C(c7ccc(OC)cc7)CC5C(O[Si](C)(C)C(C)(C)C)N6C(=O)OCC(Cl)(Cl)Cl)cc4N(C(=O)OCC(Cl)(Cl)Cl)C(O[Si](C)(C)C(C)(C)C)C3C2)cc1. The molecule has 0 aromatic heterocycles. The maximum Gasteiger partial charge on any atom is 0.416 e. The van der Waals surface area contributed by atoms with Crippen LogP contribution < -0.4 is 43.5 Å². The van der Waals surface area contributed by atoms with Gasteiger partial charge in [-0.2, -0.15) is 0 Å². The molecule has 0 aliphatic carbocycles. The summed E-state index contributed by atoms with van der Waals surface area (Å²) in [5.41, 5.74) is 3.10. The van der Waals surface area contributed by atoms with Crippen molar-refractivity contribution >= 4 is 133 Å². The molecule has 0 spiro atoms. The molecule has 0 saturated carbocycles. The molecule has 4 aliphatic rings. The monoisotopic (exact) mass is 1490 g/mol. The number of alkyl halides is 6. The number of ether oxygens (including phenoxy) is 9. The summed E-state index contributed by atoms with van der Waals surface area (Å²) in [6, 6.07) is 19.5. The van der Waals surface area contributed by atoms with E-state index in [2.05, 4.69) is 52.8 Å². The fourth-order valence-electron chi connectivity index (χ4n) is 10.8. The number of benzene rings is 4. The molecule has 0 saturated heterocycles. The van der Waals surface area contributed by atoms with Crippen LogP contribution in [0.3, 0.4) is 0 Å². The maximum atomic E-state index is 15.4. The third kappa shape index (κ3) is 18.6. The number of halogens is 6. The van der Waals surface area contributed by atoms with E-state index in [4.69, 9.17) is 128 Å². The topological polar surface area (TPSA) is 195 Å². The van der Waals surface area contributed by atoms with Gasteiger partial charge in [0.1, 0.15) is 31.3 Å². The number of methoxy groups -OCH3 is 3. The number of nitrogens with zero attached hydrogens (tertiary/aromatic N) is 4. The minimum absolute atomic E-state index is 0.0156. The van der Waals surface area contributed by atoms with E-state index < -0.39 is 91.6 Å². The quantitative estimate of drug-likeness (QED) is 0.0285. The van der Waals surface area contributed by atoms with Crippen molar-refractivity contribution < 1.29 is 70.7 Å². The summed E-state index contributed by atoms with van der Waals surface area (Å²) in [6.45, 7) is 24.9. The highest BCUT2D eigenvalue weighted by molar-refractivity contribution is 6.74. The predicted molar refractivity (Wildman–Crippen MR) is 386 cm³/mol. The van der Waals surface area contributed by atoms with Crippen LogP contribution in [-0.4, -0.2) is 162 Å². The average molecular weight is 1500 g/mol. The zero-order valence-corrected chi connectivity index (χ0v) is 64.0. The predicted octanol–water partition coefficient (Wildman–Crippen LogP) is 15.8. The van der Waals surface area contributed by atoms with Crippen molar-refractivity contribution in [3.8, 4) is 46.8 Å². The standard InChI is InChI=1S/C69H87Cl6N5O15Si2/c1-17-27-76-40-67(8,9)93-31-30-88-48-25-21-44(22-26-48)46-33-54-62(95-97(15,16)66(5,6)7)80(64(84)92-42-69(73,74)75)52-37-58(56(87-12)35-50(52)60(82)78(54)39-46)90-29-18-28-89-57-36-51-49(34-55(57)86-11)59(81)77-38-45(43-19-23-47(85-10)24-20-43)32-53(77)61(94-96(13,14)65(2,3)4)79(51)63(83)91-41-68(70,71)72/h1,19-26,34-39,53-54,61-62,76H,18,27-33,40-42H2,2-16H3. The second kappa shape index (κ2) is 31.0. The third-order valence-electron chi connectivity index (χ3n) is 18.0. The molecular formula is C69H87Cl6N5O15Si2. The number of fused-ring (bicyclic) bond motifs is 4. The van der Waals surface area contributed by atoms with Gasteiger partial charge in [0.15, 0.2) is 52.1 Å². The minimum Gasteiger partial charge on any atom is -0.497 e. The van der Waals surface area contributed by atoms with Gasteiger partial charge in [0, 0.05) is 37.5 Å². The number of nitrogens with one attached hydrogen (secondary N) is 1. The van der Waals surface area contributed by atoms with Gasteiger partial charge < -0.3 is 66.6 Å². The van der Waals surface area contributed by atoms with Crippen molar-refractivity contribution in [1.82, 2.24) is 15.1 Å². The Kier molecular flexibility index (Phi) is 24.6. The van der Waals surface area contributed by atoms with Gasteiger partial charge in [0.25, 0.3) is 11.8 Å². The van der Waals surface area contributed by atoms with Crippen LogP contribution in [0.1, 0.15) is 106 Å². The van der Waals surface area contributed by atoms with E-state index in [1.165, 1.54) is 48.3 Å². The summed E-state index contributed by atoms with van der Waals surface area (Å²) in [4.78, 5) is 66.2. The summed E-state index contributed by atoms with van der Waals surface area (Å²) < 4.78 is 64.4. The minimum atomic E-state index is -2.86. The number of terminal acetylenes is 1. The lowest BCUT2D eigenvalue weighted by Gasteiger charge is -2.44. The Hall–Kier alpha value is -5.79. The molecule has 20 nitrogen and oxygen atoms in total. The Bertz CT molecular complexity index is 3620. The molecule has 28 heteroatoms. The number of carbonyl (C=O) groups is 4. The first-order chi connectivity index (χ1) is 45.3. The number of hydrogen-bond donors (Lipinski definition) is 1. The van der Waals surface area contributed by atoms with E-state index in [1.54, 1.807) is 29.3 Å². The molecule has 1 N–H and O–H groups in total. The van der Waals surface area contributed by atoms with Crippen LogP contribution in [0.2, 0.25) is 36.3 Å². The molecule has 4 atom stereocenters. The molecule has 528 valence electrons. The van der Waals surface area contributed by atoms with Gasteiger partial charge in [-0.25, -0.2) is 19.4 Å². The van der Waals surface area contributed by atoms with E-state index in [0.717, 1.165) is 22.3 Å². The number of anilines is 2. The molecule has 0 radical (unpaired) electrons. The van der Waals surface area contributed by atoms with Crippen LogP contribution in [0.4, 0.5) is 21.0 Å². The highest BCUT2D eigenvalue weighted by atomic mass is 35.6. The maximum absolute atomic E-state index is 15.4. The Morgan fingerprint density at radius 2 is 0.979 bits per heavy atom. The second-order valence-corrected chi connectivity index (χ2v) is 42.0. The van der Waals surface area contributed by atoms with Gasteiger partial charge >= 0.3 is 12.2 Å². The highest BCUT2D eigenvalue weighted by Gasteiger charge is 2.54. The molecule has 4 amide bonds. The first kappa shape index (κ1) is 77.0. The van der Waals surface area contributed by atoms with Gasteiger partial charge in [-0.15, -0.1) is 6.42 Å². The first-order valence-corrected chi connectivity index (χ1v) is 39.7. The van der Waals surface area contributed by atoms with Gasteiger partial charge in [0.2, 0.25) is 7.59 Å². The van der Waals surface area contributed by atoms with Crippen LogP contribution in [0.15, 0.2) is 85.2 Å². The molecular weight excluding hydrogens is 1410 g/mol. The molecule has 8 rings (SSSR count). The van der Waals surface area contributed by atoms with Crippen molar-refractivity contribution in [2.45, 2.75) is 149 Å². The van der Waals surface area contributed by atoms with E-state index in [1.807, 2.05) is 88.6 Å². The Balaban J connectivity index is 1.11. The van der Waals surface area contributed by atoms with Crippen molar-refractivity contribution in [3.63, 3.8) is 0 Å². The number of amides is 4. The Morgan fingerprint density at radius 1 is 0.567 bits per heavy atom. The largest absolute Gasteiger partial charge is 0.497 e. The molecule has 4 heterocycles. The zero-order valence-electron chi connectivity index (χ0n) is 57.4. The summed E-state index contributed by atoms with van der Waals surface area (Å²) in [6.07, 6.45) is 5.49. The molecule has 97 heavy (non-hydrogen) atoms. The fourth-order valence-corrected chi connectivity index (χ4v) is 13.6. The van der Waals surface area contributed by atoms with Crippen LogP contribution in [0, 0.1) is 12.3 Å². The van der Waals surface area contributed by atoms with Gasteiger partial charge in [0.05, 0.1) is 87.9 Å². The Morgan fingerprint density at radius 3 is 1.35 bits per heavy atom. The molecule has 0 bridgehead atoms. The van der Waals surface area contributed by atoms with E-state index in [-0.39, 0.29) is 88.1 Å². The van der Waals surface area contributed by atoms with Crippen molar-refractivity contribution in [2.24, 2.45) is 0 Å². The average Bonchev–Trinajstić information content (AvgIpc) is 1.62. The van der Waals surface area contributed by atoms with E-state index in [9.17, 15) is 9.59 Å². The molecule has 4 aromatic carbocycles. The van der Waals surface area contributed by atoms with E-state index >= 15 is 9.59 Å².